The number of urea groups is 1. The molecular weight excluding hydrogens is 572 g/mol. The maximum absolute atomic E-state index is 13.8. The first-order chi connectivity index (χ1) is 22.0. The number of carbonyl (C=O) groups is 4. The lowest BCUT2D eigenvalue weighted by atomic mass is 9.84. The topological polar surface area (TPSA) is 126 Å². The molecule has 1 saturated carbocycles. The largest absolute Gasteiger partial charge is 0.378 e. The van der Waals surface area contributed by atoms with Gasteiger partial charge in [0.1, 0.15) is 12.1 Å². The second kappa shape index (κ2) is 16.3. The SMILES string of the molecule is O=C(Nc1ccc2c(c1)CC=CC2)C(=O)C(COCc1ccccc1)NC(=O)[C@@H](CC1CCCCC1)NC(=O)N1CCOCC1. The lowest BCUT2D eigenvalue weighted by Gasteiger charge is -2.31. The minimum Gasteiger partial charge on any atom is -0.378 e. The molecule has 3 N–H and O–H groups in total. The summed E-state index contributed by atoms with van der Waals surface area (Å²) >= 11 is 0. The van der Waals surface area contributed by atoms with Gasteiger partial charge in [0, 0.05) is 18.8 Å². The number of ether oxygens (including phenoxy) is 2. The van der Waals surface area contributed by atoms with E-state index in [1.54, 1.807) is 11.0 Å². The van der Waals surface area contributed by atoms with Gasteiger partial charge in [0.05, 0.1) is 26.4 Å². The molecule has 4 amide bonds. The van der Waals surface area contributed by atoms with Gasteiger partial charge in [0.15, 0.2) is 0 Å². The molecule has 0 spiro atoms. The van der Waals surface area contributed by atoms with Crippen LogP contribution >= 0.6 is 0 Å². The number of fused-ring (bicyclic) bond motifs is 1. The maximum Gasteiger partial charge on any atom is 0.318 e. The van der Waals surface area contributed by atoms with E-state index in [0.717, 1.165) is 49.7 Å². The van der Waals surface area contributed by atoms with Gasteiger partial charge in [0.25, 0.3) is 5.91 Å². The van der Waals surface area contributed by atoms with Crippen molar-refractivity contribution in [3.63, 3.8) is 0 Å². The molecule has 5 rings (SSSR count). The summed E-state index contributed by atoms with van der Waals surface area (Å²) < 4.78 is 11.2. The number of nitrogens with zero attached hydrogens (tertiary/aromatic N) is 1. The third-order valence-electron chi connectivity index (χ3n) is 8.77. The molecule has 45 heavy (non-hydrogen) atoms. The van der Waals surface area contributed by atoms with Crippen LogP contribution in [0.4, 0.5) is 10.5 Å². The maximum atomic E-state index is 13.8. The Morgan fingerprint density at radius 1 is 0.867 bits per heavy atom. The zero-order chi connectivity index (χ0) is 31.4. The number of benzene rings is 2. The van der Waals surface area contributed by atoms with Gasteiger partial charge in [-0.2, -0.15) is 0 Å². The van der Waals surface area contributed by atoms with Gasteiger partial charge in [0.2, 0.25) is 11.7 Å². The minimum atomic E-state index is -1.24. The van der Waals surface area contributed by atoms with Crippen LogP contribution in [0.15, 0.2) is 60.7 Å². The van der Waals surface area contributed by atoms with Crippen molar-refractivity contribution in [3.05, 3.63) is 77.4 Å². The van der Waals surface area contributed by atoms with Crippen LogP contribution in [0.3, 0.4) is 0 Å². The highest BCUT2D eigenvalue weighted by molar-refractivity contribution is 6.42. The van der Waals surface area contributed by atoms with Crippen molar-refractivity contribution in [1.29, 1.82) is 0 Å². The molecule has 0 aromatic heterocycles. The zero-order valence-electron chi connectivity index (χ0n) is 25.8. The van der Waals surface area contributed by atoms with Crippen molar-refractivity contribution in [2.24, 2.45) is 5.92 Å². The van der Waals surface area contributed by atoms with Crippen molar-refractivity contribution in [3.8, 4) is 0 Å². The Kier molecular flexibility index (Phi) is 11.8. The quantitative estimate of drug-likeness (QED) is 0.245. The summed E-state index contributed by atoms with van der Waals surface area (Å²) in [7, 11) is 0. The molecule has 2 aromatic rings. The Labute approximate surface area is 264 Å². The molecule has 2 fully saturated rings. The summed E-state index contributed by atoms with van der Waals surface area (Å²) in [5.74, 6) is -1.87. The molecule has 0 radical (unpaired) electrons. The molecule has 1 heterocycles. The van der Waals surface area contributed by atoms with Crippen molar-refractivity contribution >= 4 is 29.3 Å². The van der Waals surface area contributed by atoms with Crippen LogP contribution in [0.1, 0.15) is 55.2 Å². The molecule has 3 aliphatic rings. The van der Waals surface area contributed by atoms with Gasteiger partial charge < -0.3 is 30.3 Å². The van der Waals surface area contributed by atoms with E-state index in [4.69, 9.17) is 9.47 Å². The second-order valence-electron chi connectivity index (χ2n) is 12.1. The molecule has 0 bridgehead atoms. The van der Waals surface area contributed by atoms with E-state index in [-0.39, 0.29) is 25.2 Å². The number of allylic oxidation sites excluding steroid dienone is 2. The van der Waals surface area contributed by atoms with Crippen LogP contribution in [-0.2, 0) is 43.3 Å². The van der Waals surface area contributed by atoms with E-state index >= 15 is 0 Å². The number of morpholine rings is 1. The van der Waals surface area contributed by atoms with E-state index in [9.17, 15) is 19.2 Å². The smallest absolute Gasteiger partial charge is 0.318 e. The van der Waals surface area contributed by atoms with Gasteiger partial charge >= 0.3 is 6.03 Å². The van der Waals surface area contributed by atoms with Crippen molar-refractivity contribution < 1.29 is 28.7 Å². The molecule has 10 heteroatoms. The van der Waals surface area contributed by atoms with Gasteiger partial charge in [-0.25, -0.2) is 4.79 Å². The average Bonchev–Trinajstić information content (AvgIpc) is 3.08. The summed E-state index contributed by atoms with van der Waals surface area (Å²) in [5, 5.41) is 8.41. The Bertz CT molecular complexity index is 1350. The van der Waals surface area contributed by atoms with E-state index in [1.807, 2.05) is 42.5 Å². The highest BCUT2D eigenvalue weighted by atomic mass is 16.5. The van der Waals surface area contributed by atoms with E-state index in [1.165, 1.54) is 12.0 Å². The molecule has 10 nitrogen and oxygen atoms in total. The molecule has 1 aliphatic heterocycles. The van der Waals surface area contributed by atoms with Gasteiger partial charge in [-0.15, -0.1) is 0 Å². The number of ketones is 1. The van der Waals surface area contributed by atoms with Crippen LogP contribution < -0.4 is 16.0 Å². The van der Waals surface area contributed by atoms with E-state index in [0.29, 0.717) is 38.4 Å². The third-order valence-corrected chi connectivity index (χ3v) is 8.77. The lowest BCUT2D eigenvalue weighted by Crippen LogP contribution is -2.57. The van der Waals surface area contributed by atoms with Crippen LogP contribution in [0.25, 0.3) is 0 Å². The standard InChI is InChI=1S/C35H44N4O6/c40-32(34(42)36-29-16-15-27-13-7-8-14-28(27)22-29)31(24-45-23-26-11-5-2-6-12-26)37-33(41)30(21-25-9-3-1-4-10-25)38-35(43)39-17-19-44-20-18-39/h2,5-8,11-12,15-16,22,25,30-31H,1,3-4,9-10,13-14,17-21,23-24H2,(H,36,42)(H,37,41)(H,38,43)/t30-,31?/m1/s1. The first-order valence-corrected chi connectivity index (χ1v) is 16.1. The highest BCUT2D eigenvalue weighted by Crippen LogP contribution is 2.27. The summed E-state index contributed by atoms with van der Waals surface area (Å²) in [6.07, 6.45) is 11.6. The average molecular weight is 617 g/mol. The number of anilines is 1. The number of hydrogen-bond acceptors (Lipinski definition) is 6. The summed E-state index contributed by atoms with van der Waals surface area (Å²) in [6, 6.07) is 12.6. The monoisotopic (exact) mass is 616 g/mol. The fourth-order valence-electron chi connectivity index (χ4n) is 6.18. The molecular formula is C35H44N4O6. The number of amides is 4. The fraction of sp³-hybridized carbons (Fsp3) is 0.486. The summed E-state index contributed by atoms with van der Waals surface area (Å²) in [5.41, 5.74) is 3.70. The number of rotatable bonds is 12. The second-order valence-corrected chi connectivity index (χ2v) is 12.1. The normalized spacial score (nSPS) is 17.9. The Morgan fingerprint density at radius 3 is 2.36 bits per heavy atom. The van der Waals surface area contributed by atoms with Gasteiger partial charge in [-0.05, 0) is 54.0 Å². The number of hydrogen-bond donors (Lipinski definition) is 3. The van der Waals surface area contributed by atoms with E-state index < -0.39 is 29.7 Å². The first-order valence-electron chi connectivity index (χ1n) is 16.1. The Hall–Kier alpha value is -4.02. The number of Topliss-reactive ketones (excluding diaryl/α,β-unsaturated/α-hetero) is 1. The first kappa shape index (κ1) is 32.4. The summed E-state index contributed by atoms with van der Waals surface area (Å²) in [6.45, 7) is 1.78. The van der Waals surface area contributed by atoms with Crippen LogP contribution in [0.2, 0.25) is 0 Å². The van der Waals surface area contributed by atoms with Gasteiger partial charge in [-0.3, -0.25) is 14.4 Å². The van der Waals surface area contributed by atoms with Gasteiger partial charge in [-0.1, -0.05) is 80.7 Å². The summed E-state index contributed by atoms with van der Waals surface area (Å²) in [4.78, 5) is 55.4. The Morgan fingerprint density at radius 2 is 1.60 bits per heavy atom. The van der Waals surface area contributed by atoms with Crippen LogP contribution in [0, 0.1) is 5.92 Å². The molecule has 2 atom stereocenters. The molecule has 2 aliphatic carbocycles. The lowest BCUT2D eigenvalue weighted by molar-refractivity contribution is -0.139. The zero-order valence-corrected chi connectivity index (χ0v) is 25.8. The third kappa shape index (κ3) is 9.48. The molecule has 2 aromatic carbocycles. The minimum absolute atomic E-state index is 0.199. The van der Waals surface area contributed by atoms with Crippen molar-refractivity contribution in [2.75, 3.05) is 38.2 Å². The fourth-order valence-corrected chi connectivity index (χ4v) is 6.18. The predicted molar refractivity (Wildman–Crippen MR) is 171 cm³/mol. The van der Waals surface area contributed by atoms with Crippen molar-refractivity contribution in [2.45, 2.75) is 70.1 Å². The highest BCUT2D eigenvalue weighted by Gasteiger charge is 2.33. The molecule has 1 saturated heterocycles. The van der Waals surface area contributed by atoms with Crippen molar-refractivity contribution in [1.82, 2.24) is 15.5 Å². The molecule has 1 unspecified atom stereocenters. The Balaban J connectivity index is 1.29. The van der Waals surface area contributed by atoms with Crippen LogP contribution in [-0.4, -0.2) is 73.5 Å². The predicted octanol–water partition coefficient (Wildman–Crippen LogP) is 3.93. The number of nitrogens with one attached hydrogen (secondary N) is 3. The number of carbonyl (C=O) groups excluding carboxylic acids is 4. The van der Waals surface area contributed by atoms with E-state index in [2.05, 4.69) is 28.1 Å². The van der Waals surface area contributed by atoms with Crippen LogP contribution in [0.5, 0.6) is 0 Å². The molecule has 240 valence electrons.